The summed E-state index contributed by atoms with van der Waals surface area (Å²) in [6.07, 6.45) is 0. The zero-order valence-corrected chi connectivity index (χ0v) is 28.6. The summed E-state index contributed by atoms with van der Waals surface area (Å²) < 4.78 is 0. The van der Waals surface area contributed by atoms with Crippen molar-refractivity contribution in [3.8, 4) is 33.4 Å². The van der Waals surface area contributed by atoms with Crippen molar-refractivity contribution in [3.63, 3.8) is 0 Å². The molecule has 1 heteroatoms. The summed E-state index contributed by atoms with van der Waals surface area (Å²) in [4.78, 5) is 0. The van der Waals surface area contributed by atoms with E-state index in [0.717, 1.165) is 11.4 Å². The Bertz CT molecular complexity index is 2700. The topological polar surface area (TPSA) is 12.0 Å². The zero-order valence-electron chi connectivity index (χ0n) is 28.6. The van der Waals surface area contributed by atoms with Crippen molar-refractivity contribution < 1.29 is 0 Å². The van der Waals surface area contributed by atoms with Crippen molar-refractivity contribution >= 4 is 32.9 Å². The maximum absolute atomic E-state index is 3.85. The first-order chi connectivity index (χ1) is 25.8. The van der Waals surface area contributed by atoms with Crippen LogP contribution in [0.4, 0.5) is 11.4 Å². The first-order valence-corrected chi connectivity index (χ1v) is 18.0. The van der Waals surface area contributed by atoms with E-state index in [0.29, 0.717) is 0 Å². The first kappa shape index (κ1) is 30.2. The first-order valence-electron chi connectivity index (χ1n) is 18.0. The quantitative estimate of drug-likeness (QED) is 0.187. The molecule has 0 heterocycles. The second-order valence-corrected chi connectivity index (χ2v) is 13.7. The summed E-state index contributed by atoms with van der Waals surface area (Å²) in [5, 5.41) is 8.88. The number of rotatable bonds is 6. The van der Waals surface area contributed by atoms with Crippen molar-refractivity contribution in [2.45, 2.75) is 5.41 Å². The molecule has 1 nitrogen and oxygen atoms in total. The Morgan fingerprint density at radius 3 is 1.65 bits per heavy atom. The molecule has 0 saturated heterocycles. The standard InChI is InChI=1S/C51H35N/c1-3-18-39(19-4-1)51(40-20-5-2-6-21-40)47-26-12-11-24-45(47)50-48(51)27-14-28-49(50)52-41-31-29-35(30-32-41)38-33-37-16-8-10-23-43(37)46(34-38)44-25-13-17-36-15-7-9-22-42(36)44/h1-34,52H. The normalized spacial score (nSPS) is 12.8. The van der Waals surface area contributed by atoms with E-state index in [9.17, 15) is 0 Å². The van der Waals surface area contributed by atoms with Crippen LogP contribution in [0.15, 0.2) is 206 Å². The minimum Gasteiger partial charge on any atom is -0.355 e. The smallest absolute Gasteiger partial charge is 0.0714 e. The molecule has 9 aromatic carbocycles. The van der Waals surface area contributed by atoms with Crippen LogP contribution in [-0.2, 0) is 5.41 Å². The number of hydrogen-bond acceptors (Lipinski definition) is 1. The third-order valence-electron chi connectivity index (χ3n) is 10.9. The highest BCUT2D eigenvalue weighted by atomic mass is 14.9. The summed E-state index contributed by atoms with van der Waals surface area (Å²) >= 11 is 0. The highest BCUT2D eigenvalue weighted by molar-refractivity contribution is 6.07. The van der Waals surface area contributed by atoms with Gasteiger partial charge in [-0.2, -0.15) is 0 Å². The highest BCUT2D eigenvalue weighted by Crippen LogP contribution is 2.58. The molecule has 10 rings (SSSR count). The third kappa shape index (κ3) is 4.71. The van der Waals surface area contributed by atoms with Crippen LogP contribution in [0.2, 0.25) is 0 Å². The lowest BCUT2D eigenvalue weighted by Crippen LogP contribution is -2.28. The zero-order chi connectivity index (χ0) is 34.5. The highest BCUT2D eigenvalue weighted by Gasteiger charge is 2.46. The van der Waals surface area contributed by atoms with E-state index in [2.05, 4.69) is 212 Å². The van der Waals surface area contributed by atoms with Crippen LogP contribution in [0.25, 0.3) is 54.9 Å². The van der Waals surface area contributed by atoms with Gasteiger partial charge in [-0.3, -0.25) is 0 Å². The van der Waals surface area contributed by atoms with Crippen molar-refractivity contribution in [2.75, 3.05) is 5.32 Å². The summed E-state index contributed by atoms with van der Waals surface area (Å²) in [5.41, 5.74) is 14.3. The second-order valence-electron chi connectivity index (χ2n) is 13.7. The lowest BCUT2D eigenvalue weighted by molar-refractivity contribution is 0.768. The van der Waals surface area contributed by atoms with Gasteiger partial charge in [0.2, 0.25) is 0 Å². The third-order valence-corrected chi connectivity index (χ3v) is 10.9. The molecule has 0 unspecified atom stereocenters. The molecule has 0 atom stereocenters. The van der Waals surface area contributed by atoms with Gasteiger partial charge in [-0.15, -0.1) is 0 Å². The van der Waals surface area contributed by atoms with Crippen LogP contribution in [0.5, 0.6) is 0 Å². The van der Waals surface area contributed by atoms with Gasteiger partial charge in [0.1, 0.15) is 0 Å². The molecule has 0 amide bonds. The maximum Gasteiger partial charge on any atom is 0.0714 e. The van der Waals surface area contributed by atoms with Gasteiger partial charge in [-0.25, -0.2) is 0 Å². The molecular weight excluding hydrogens is 627 g/mol. The number of benzene rings is 9. The van der Waals surface area contributed by atoms with Crippen molar-refractivity contribution in [1.82, 2.24) is 0 Å². The Kier molecular flexibility index (Phi) is 7.11. The lowest BCUT2D eigenvalue weighted by atomic mass is 9.68. The van der Waals surface area contributed by atoms with Crippen LogP contribution >= 0.6 is 0 Å². The number of nitrogens with one attached hydrogen (secondary N) is 1. The fourth-order valence-corrected chi connectivity index (χ4v) is 8.66. The van der Waals surface area contributed by atoms with Gasteiger partial charge in [0.25, 0.3) is 0 Å². The molecular formula is C51H35N. The summed E-state index contributed by atoms with van der Waals surface area (Å²) in [6.45, 7) is 0. The van der Waals surface area contributed by atoms with Crippen molar-refractivity contribution in [2.24, 2.45) is 0 Å². The number of hydrogen-bond donors (Lipinski definition) is 1. The van der Waals surface area contributed by atoms with E-state index >= 15 is 0 Å². The van der Waals surface area contributed by atoms with Gasteiger partial charge >= 0.3 is 0 Å². The van der Waals surface area contributed by atoms with E-state index in [-0.39, 0.29) is 0 Å². The maximum atomic E-state index is 3.85. The van der Waals surface area contributed by atoms with E-state index in [4.69, 9.17) is 0 Å². The molecule has 244 valence electrons. The Morgan fingerprint density at radius 1 is 0.346 bits per heavy atom. The molecule has 0 aromatic heterocycles. The monoisotopic (exact) mass is 661 g/mol. The summed E-state index contributed by atoms with van der Waals surface area (Å²) in [7, 11) is 0. The minimum atomic E-state index is -0.423. The molecule has 1 N–H and O–H groups in total. The molecule has 0 aliphatic heterocycles. The Balaban J connectivity index is 1.07. The molecule has 0 bridgehead atoms. The van der Waals surface area contributed by atoms with Gasteiger partial charge in [0.15, 0.2) is 0 Å². The molecule has 9 aromatic rings. The van der Waals surface area contributed by atoms with Crippen molar-refractivity contribution in [3.05, 3.63) is 229 Å². The van der Waals surface area contributed by atoms with Crippen LogP contribution in [-0.4, -0.2) is 0 Å². The van der Waals surface area contributed by atoms with E-state index in [1.165, 1.54) is 77.2 Å². The minimum absolute atomic E-state index is 0.423. The molecule has 0 saturated carbocycles. The van der Waals surface area contributed by atoms with Gasteiger partial charge < -0.3 is 5.32 Å². The van der Waals surface area contributed by atoms with E-state index < -0.39 is 5.41 Å². The summed E-state index contributed by atoms with van der Waals surface area (Å²) in [5.74, 6) is 0. The van der Waals surface area contributed by atoms with E-state index in [1.54, 1.807) is 0 Å². The Morgan fingerprint density at radius 2 is 0.904 bits per heavy atom. The lowest BCUT2D eigenvalue weighted by Gasteiger charge is -2.33. The van der Waals surface area contributed by atoms with Gasteiger partial charge in [-0.05, 0) is 102 Å². The van der Waals surface area contributed by atoms with Crippen LogP contribution < -0.4 is 5.32 Å². The second kappa shape index (κ2) is 12.3. The Labute approximate surface area is 304 Å². The van der Waals surface area contributed by atoms with Crippen LogP contribution in [0.3, 0.4) is 0 Å². The number of anilines is 2. The number of fused-ring (bicyclic) bond motifs is 5. The summed E-state index contributed by atoms with van der Waals surface area (Å²) in [6, 6.07) is 75.2. The van der Waals surface area contributed by atoms with Gasteiger partial charge in [-0.1, -0.05) is 176 Å². The van der Waals surface area contributed by atoms with Gasteiger partial charge in [0.05, 0.1) is 5.41 Å². The molecule has 0 radical (unpaired) electrons. The fraction of sp³-hybridized carbons (Fsp3) is 0.0196. The average Bonchev–Trinajstić information content (AvgIpc) is 3.53. The molecule has 52 heavy (non-hydrogen) atoms. The van der Waals surface area contributed by atoms with Crippen molar-refractivity contribution in [1.29, 1.82) is 0 Å². The fourth-order valence-electron chi connectivity index (χ4n) is 8.66. The van der Waals surface area contributed by atoms with Crippen LogP contribution in [0.1, 0.15) is 22.3 Å². The SMILES string of the molecule is c1ccc(C2(c3ccccc3)c3ccccc3-c3c(Nc4ccc(-c5cc(-c6cccc7ccccc67)c6ccccc6c5)cc4)cccc32)cc1. The molecule has 1 aliphatic rings. The predicted octanol–water partition coefficient (Wildman–Crippen LogP) is 13.4. The Hall–Kier alpha value is -6.70. The largest absolute Gasteiger partial charge is 0.355 e. The molecule has 0 fully saturated rings. The predicted molar refractivity (Wildman–Crippen MR) is 219 cm³/mol. The average molecular weight is 662 g/mol. The van der Waals surface area contributed by atoms with Crippen LogP contribution in [0, 0.1) is 0 Å². The molecule has 0 spiro atoms. The van der Waals surface area contributed by atoms with E-state index in [1.807, 2.05) is 0 Å². The van der Waals surface area contributed by atoms with Gasteiger partial charge in [0, 0.05) is 16.9 Å². The molecule has 1 aliphatic carbocycles.